The molecule has 0 aromatic carbocycles. The Morgan fingerprint density at radius 3 is 2.72 bits per heavy atom. The van der Waals surface area contributed by atoms with Gasteiger partial charge in [-0.25, -0.2) is 4.98 Å². The van der Waals surface area contributed by atoms with Gasteiger partial charge in [0.1, 0.15) is 11.5 Å². The molecule has 0 unspecified atom stereocenters. The number of nitrogens with zero attached hydrogens (tertiary/aromatic N) is 2. The van der Waals surface area contributed by atoms with Gasteiger partial charge in [0.05, 0.1) is 12.2 Å². The first-order valence-electron chi connectivity index (χ1n) is 5.15. The van der Waals surface area contributed by atoms with Crippen molar-refractivity contribution in [3.63, 3.8) is 0 Å². The van der Waals surface area contributed by atoms with Crippen LogP contribution >= 0.6 is 0 Å². The molecule has 0 saturated carbocycles. The monoisotopic (exact) mass is 257 g/mol. The van der Waals surface area contributed by atoms with Crippen molar-refractivity contribution in [1.29, 1.82) is 0 Å². The third-order valence-corrected chi connectivity index (χ3v) is 2.16. The fourth-order valence-corrected chi connectivity index (χ4v) is 1.37. The van der Waals surface area contributed by atoms with E-state index in [0.717, 1.165) is 6.07 Å². The lowest BCUT2D eigenvalue weighted by Crippen LogP contribution is -2.10. The van der Waals surface area contributed by atoms with Gasteiger partial charge in [-0.2, -0.15) is 13.2 Å². The third-order valence-electron chi connectivity index (χ3n) is 2.16. The summed E-state index contributed by atoms with van der Waals surface area (Å²) in [6, 6.07) is 5.37. The number of aryl methyl sites for hydroxylation is 1. The molecule has 7 heteroatoms. The SMILES string of the molecule is Cc1cc(CNc2cccc(C(F)(F)F)n2)on1. The van der Waals surface area contributed by atoms with Gasteiger partial charge in [-0.3, -0.25) is 0 Å². The normalized spacial score (nSPS) is 11.6. The van der Waals surface area contributed by atoms with Gasteiger partial charge in [0.15, 0.2) is 5.76 Å². The Bertz CT molecular complexity index is 536. The number of pyridine rings is 1. The number of hydrogen-bond acceptors (Lipinski definition) is 4. The van der Waals surface area contributed by atoms with Gasteiger partial charge in [0, 0.05) is 6.07 Å². The van der Waals surface area contributed by atoms with Crippen molar-refractivity contribution < 1.29 is 17.7 Å². The molecule has 2 heterocycles. The molecule has 0 bridgehead atoms. The molecule has 0 aliphatic carbocycles. The molecule has 0 radical (unpaired) electrons. The molecule has 2 aromatic heterocycles. The zero-order valence-electron chi connectivity index (χ0n) is 9.45. The highest BCUT2D eigenvalue weighted by molar-refractivity contribution is 5.36. The fraction of sp³-hybridized carbons (Fsp3) is 0.273. The van der Waals surface area contributed by atoms with Crippen LogP contribution in [0.5, 0.6) is 0 Å². The van der Waals surface area contributed by atoms with Crippen LogP contribution in [-0.2, 0) is 12.7 Å². The van der Waals surface area contributed by atoms with E-state index in [-0.39, 0.29) is 12.4 Å². The minimum Gasteiger partial charge on any atom is -0.363 e. The molecule has 96 valence electrons. The van der Waals surface area contributed by atoms with Gasteiger partial charge >= 0.3 is 6.18 Å². The summed E-state index contributed by atoms with van der Waals surface area (Å²) in [5.41, 5.74) is -0.218. The summed E-state index contributed by atoms with van der Waals surface area (Å²) >= 11 is 0. The van der Waals surface area contributed by atoms with Crippen molar-refractivity contribution in [2.24, 2.45) is 0 Å². The molecule has 0 amide bonds. The number of alkyl halides is 3. The van der Waals surface area contributed by atoms with Gasteiger partial charge < -0.3 is 9.84 Å². The summed E-state index contributed by atoms with van der Waals surface area (Å²) in [7, 11) is 0. The standard InChI is InChI=1S/C11H10F3N3O/c1-7-5-8(18-17-7)6-15-10-4-2-3-9(16-10)11(12,13)14/h2-5H,6H2,1H3,(H,15,16). The second kappa shape index (κ2) is 4.67. The van der Waals surface area contributed by atoms with Crippen molar-refractivity contribution in [1.82, 2.24) is 10.1 Å². The van der Waals surface area contributed by atoms with E-state index in [2.05, 4.69) is 15.5 Å². The lowest BCUT2D eigenvalue weighted by molar-refractivity contribution is -0.141. The Morgan fingerprint density at radius 1 is 1.33 bits per heavy atom. The van der Waals surface area contributed by atoms with E-state index in [1.54, 1.807) is 13.0 Å². The second-order valence-corrected chi connectivity index (χ2v) is 3.69. The number of anilines is 1. The Kier molecular flexibility index (Phi) is 3.22. The highest BCUT2D eigenvalue weighted by Gasteiger charge is 2.32. The van der Waals surface area contributed by atoms with Gasteiger partial charge in [0.2, 0.25) is 0 Å². The number of nitrogens with one attached hydrogen (secondary N) is 1. The Morgan fingerprint density at radius 2 is 2.11 bits per heavy atom. The molecule has 1 N–H and O–H groups in total. The first kappa shape index (κ1) is 12.4. The van der Waals surface area contributed by atoms with Crippen molar-refractivity contribution in [3.05, 3.63) is 41.4 Å². The number of aromatic nitrogens is 2. The van der Waals surface area contributed by atoms with Crippen LogP contribution in [0.2, 0.25) is 0 Å². The van der Waals surface area contributed by atoms with Gasteiger partial charge in [-0.15, -0.1) is 0 Å². The van der Waals surface area contributed by atoms with E-state index in [0.29, 0.717) is 11.5 Å². The topological polar surface area (TPSA) is 51.0 Å². The average molecular weight is 257 g/mol. The van der Waals surface area contributed by atoms with Gasteiger partial charge in [0.25, 0.3) is 0 Å². The summed E-state index contributed by atoms with van der Waals surface area (Å²) in [6.07, 6.45) is -4.44. The number of halogens is 3. The van der Waals surface area contributed by atoms with E-state index in [9.17, 15) is 13.2 Å². The molecule has 0 aliphatic heterocycles. The maximum absolute atomic E-state index is 12.4. The lowest BCUT2D eigenvalue weighted by Gasteiger charge is -2.08. The van der Waals surface area contributed by atoms with Crippen LogP contribution in [0.4, 0.5) is 19.0 Å². The van der Waals surface area contributed by atoms with E-state index >= 15 is 0 Å². The quantitative estimate of drug-likeness (QED) is 0.918. The third kappa shape index (κ3) is 2.99. The molecule has 18 heavy (non-hydrogen) atoms. The van der Waals surface area contributed by atoms with Crippen molar-refractivity contribution in [2.45, 2.75) is 19.6 Å². The molecule has 4 nitrogen and oxygen atoms in total. The fourth-order valence-electron chi connectivity index (χ4n) is 1.37. The first-order chi connectivity index (χ1) is 8.45. The van der Waals surface area contributed by atoms with Gasteiger partial charge in [-0.1, -0.05) is 11.2 Å². The average Bonchev–Trinajstić information content (AvgIpc) is 2.72. The summed E-state index contributed by atoms with van der Waals surface area (Å²) in [4.78, 5) is 3.47. The van der Waals surface area contributed by atoms with Crippen LogP contribution in [0, 0.1) is 6.92 Å². The zero-order valence-corrected chi connectivity index (χ0v) is 9.45. The van der Waals surface area contributed by atoms with E-state index < -0.39 is 11.9 Å². The summed E-state index contributed by atoms with van der Waals surface area (Å²) < 4.78 is 42.2. The van der Waals surface area contributed by atoms with Crippen molar-refractivity contribution in [2.75, 3.05) is 5.32 Å². The first-order valence-corrected chi connectivity index (χ1v) is 5.15. The maximum atomic E-state index is 12.4. The van der Waals surface area contributed by atoms with Crippen molar-refractivity contribution in [3.8, 4) is 0 Å². The molecule has 2 rings (SSSR count). The Hall–Kier alpha value is -2.05. The van der Waals surface area contributed by atoms with E-state index in [4.69, 9.17) is 4.52 Å². The number of rotatable bonds is 3. The van der Waals surface area contributed by atoms with Crippen LogP contribution in [-0.4, -0.2) is 10.1 Å². The Labute approximate surface area is 101 Å². The largest absolute Gasteiger partial charge is 0.433 e. The molecule has 0 saturated heterocycles. The minimum atomic E-state index is -4.44. The highest BCUT2D eigenvalue weighted by Crippen LogP contribution is 2.28. The predicted octanol–water partition coefficient (Wildman–Crippen LogP) is 3.01. The Balaban J connectivity index is 2.06. The number of hydrogen-bond donors (Lipinski definition) is 1. The highest BCUT2D eigenvalue weighted by atomic mass is 19.4. The van der Waals surface area contributed by atoms with Gasteiger partial charge in [-0.05, 0) is 19.1 Å². The molecule has 0 atom stereocenters. The van der Waals surface area contributed by atoms with Crippen molar-refractivity contribution >= 4 is 5.82 Å². The second-order valence-electron chi connectivity index (χ2n) is 3.69. The predicted molar refractivity (Wildman–Crippen MR) is 57.8 cm³/mol. The van der Waals surface area contributed by atoms with Crippen LogP contribution in [0.25, 0.3) is 0 Å². The molecule has 2 aromatic rings. The van der Waals surface area contributed by atoms with Crippen LogP contribution < -0.4 is 5.32 Å². The summed E-state index contributed by atoms with van der Waals surface area (Å²) in [5, 5.41) is 6.41. The van der Waals surface area contributed by atoms with Crippen LogP contribution in [0.1, 0.15) is 17.1 Å². The van der Waals surface area contributed by atoms with Crippen LogP contribution in [0.15, 0.2) is 28.8 Å². The lowest BCUT2D eigenvalue weighted by atomic mass is 10.3. The summed E-state index contributed by atoms with van der Waals surface area (Å²) in [5.74, 6) is 0.672. The molecule has 0 spiro atoms. The molecule has 0 fully saturated rings. The van der Waals surface area contributed by atoms with E-state index in [1.807, 2.05) is 0 Å². The maximum Gasteiger partial charge on any atom is 0.433 e. The van der Waals surface area contributed by atoms with E-state index in [1.165, 1.54) is 12.1 Å². The molecule has 0 aliphatic rings. The molecular formula is C11H10F3N3O. The smallest absolute Gasteiger partial charge is 0.363 e. The minimum absolute atomic E-state index is 0.138. The summed E-state index contributed by atoms with van der Waals surface area (Å²) in [6.45, 7) is 1.99. The zero-order chi connectivity index (χ0) is 13.2. The molecular weight excluding hydrogens is 247 g/mol. The van der Waals surface area contributed by atoms with Crippen LogP contribution in [0.3, 0.4) is 0 Å².